The van der Waals surface area contributed by atoms with Gasteiger partial charge in [-0.05, 0) is 5.56 Å². The van der Waals surface area contributed by atoms with Crippen LogP contribution < -0.4 is 11.2 Å². The maximum absolute atomic E-state index is 11.9. The molecule has 0 fully saturated rings. The molecule has 21 heavy (non-hydrogen) atoms. The first-order chi connectivity index (χ1) is 10.0. The number of pyridine rings is 1. The summed E-state index contributed by atoms with van der Waals surface area (Å²) in [5.41, 5.74) is 5.32. The van der Waals surface area contributed by atoms with E-state index in [0.717, 1.165) is 0 Å². The Morgan fingerprint density at radius 1 is 1.29 bits per heavy atom. The number of hydrogen-bond acceptors (Lipinski definition) is 4. The van der Waals surface area contributed by atoms with Crippen molar-refractivity contribution in [2.75, 3.05) is 6.61 Å². The predicted octanol–water partition coefficient (Wildman–Crippen LogP) is 0.0212. The van der Waals surface area contributed by atoms with Crippen LogP contribution in [0.5, 0.6) is 0 Å². The summed E-state index contributed by atoms with van der Waals surface area (Å²) in [7, 11) is 0. The van der Waals surface area contributed by atoms with E-state index in [9.17, 15) is 14.7 Å². The predicted molar refractivity (Wildman–Crippen MR) is 76.8 cm³/mol. The molecule has 2 rings (SSSR count). The highest BCUT2D eigenvalue weighted by atomic mass is 16.3. The summed E-state index contributed by atoms with van der Waals surface area (Å²) in [6, 6.07) is 9.97. The quantitative estimate of drug-likeness (QED) is 0.721. The number of amides is 1. The van der Waals surface area contributed by atoms with Gasteiger partial charge in [-0.25, -0.2) is 0 Å². The van der Waals surface area contributed by atoms with Crippen LogP contribution in [0.25, 0.3) is 0 Å². The zero-order valence-electron chi connectivity index (χ0n) is 11.3. The third kappa shape index (κ3) is 3.18. The molecule has 0 saturated heterocycles. The molecule has 0 radical (unpaired) electrons. The number of nitrogens with zero attached hydrogens (tertiary/aromatic N) is 1. The fourth-order valence-corrected chi connectivity index (χ4v) is 2.12. The number of aliphatic hydroxyl groups is 2. The van der Waals surface area contributed by atoms with E-state index in [-0.39, 0.29) is 18.7 Å². The summed E-state index contributed by atoms with van der Waals surface area (Å²) < 4.78 is 1.46. The van der Waals surface area contributed by atoms with Crippen molar-refractivity contribution >= 4 is 5.91 Å². The van der Waals surface area contributed by atoms with Crippen LogP contribution in [0.3, 0.4) is 0 Å². The molecule has 1 heterocycles. The molecule has 4 N–H and O–H groups in total. The van der Waals surface area contributed by atoms with Crippen molar-refractivity contribution in [3.63, 3.8) is 0 Å². The second-order valence-electron chi connectivity index (χ2n) is 4.57. The normalized spacial score (nSPS) is 12.1. The number of rotatable bonds is 5. The van der Waals surface area contributed by atoms with Crippen molar-refractivity contribution in [3.05, 3.63) is 69.6 Å². The number of primary amides is 1. The van der Waals surface area contributed by atoms with Crippen molar-refractivity contribution < 1.29 is 15.0 Å². The van der Waals surface area contributed by atoms with Crippen LogP contribution in [-0.2, 0) is 6.54 Å². The van der Waals surface area contributed by atoms with Crippen molar-refractivity contribution in [1.82, 2.24) is 4.57 Å². The van der Waals surface area contributed by atoms with Gasteiger partial charge in [0, 0.05) is 18.8 Å². The second kappa shape index (κ2) is 6.34. The lowest BCUT2D eigenvalue weighted by Gasteiger charge is -2.18. The van der Waals surface area contributed by atoms with Crippen LogP contribution >= 0.6 is 0 Å². The lowest BCUT2D eigenvalue weighted by molar-refractivity contribution is 0.0997. The minimum absolute atomic E-state index is 0.139. The zero-order chi connectivity index (χ0) is 15.4. The Morgan fingerprint density at radius 3 is 2.52 bits per heavy atom. The van der Waals surface area contributed by atoms with Crippen LogP contribution in [0, 0.1) is 0 Å². The lowest BCUT2D eigenvalue weighted by atomic mass is 10.0. The molecule has 0 saturated carbocycles. The molecular formula is C15H16N2O4. The monoisotopic (exact) mass is 288 g/mol. The highest BCUT2D eigenvalue weighted by Crippen LogP contribution is 2.20. The maximum Gasteiger partial charge on any atom is 0.254 e. The molecule has 110 valence electrons. The van der Waals surface area contributed by atoms with Gasteiger partial charge in [-0.1, -0.05) is 30.3 Å². The molecule has 1 atom stereocenters. The largest absolute Gasteiger partial charge is 0.395 e. The Hall–Kier alpha value is -2.44. The van der Waals surface area contributed by atoms with E-state index in [0.29, 0.717) is 11.3 Å². The van der Waals surface area contributed by atoms with Gasteiger partial charge in [0.1, 0.15) is 11.7 Å². The third-order valence-electron chi connectivity index (χ3n) is 3.16. The molecule has 0 aliphatic carbocycles. The first-order valence-electron chi connectivity index (χ1n) is 6.42. The Labute approximate surface area is 121 Å². The number of carbonyl (C=O) groups is 1. The van der Waals surface area contributed by atoms with Gasteiger partial charge in [-0.2, -0.15) is 0 Å². The summed E-state index contributed by atoms with van der Waals surface area (Å²) in [5, 5.41) is 19.5. The topological polar surface area (TPSA) is 106 Å². The molecule has 0 aliphatic heterocycles. The summed E-state index contributed by atoms with van der Waals surface area (Å²) >= 11 is 0. The molecule has 0 aliphatic rings. The highest BCUT2D eigenvalue weighted by Gasteiger charge is 2.17. The van der Waals surface area contributed by atoms with Crippen LogP contribution in [0.1, 0.15) is 27.7 Å². The third-order valence-corrected chi connectivity index (χ3v) is 3.16. The molecule has 0 bridgehead atoms. The first kappa shape index (κ1) is 15.0. The average molecular weight is 288 g/mol. The number of hydrogen-bond donors (Lipinski definition) is 3. The molecule has 1 aromatic carbocycles. The second-order valence-corrected chi connectivity index (χ2v) is 4.57. The maximum atomic E-state index is 11.9. The van der Waals surface area contributed by atoms with Gasteiger partial charge in [0.15, 0.2) is 5.43 Å². The van der Waals surface area contributed by atoms with E-state index < -0.39 is 17.4 Å². The molecule has 1 amide bonds. The molecule has 1 aromatic heterocycles. The SMILES string of the molecule is NC(=O)c1cn(CCO)c([C@@H](O)c2ccccc2)cc1=O. The lowest BCUT2D eigenvalue weighted by Crippen LogP contribution is -2.26. The van der Waals surface area contributed by atoms with Gasteiger partial charge in [0.25, 0.3) is 5.91 Å². The van der Waals surface area contributed by atoms with Crippen molar-refractivity contribution in [1.29, 1.82) is 0 Å². The molecule has 6 nitrogen and oxygen atoms in total. The van der Waals surface area contributed by atoms with Gasteiger partial charge in [0.05, 0.1) is 12.3 Å². The van der Waals surface area contributed by atoms with Gasteiger partial charge in [-0.15, -0.1) is 0 Å². The molecule has 2 aromatic rings. The van der Waals surface area contributed by atoms with Crippen LogP contribution in [-0.4, -0.2) is 27.3 Å². The number of carbonyl (C=O) groups excluding carboxylic acids is 1. The summed E-state index contributed by atoms with van der Waals surface area (Å²) in [6.45, 7) is -0.0601. The Kier molecular flexibility index (Phi) is 4.52. The molecule has 6 heteroatoms. The number of benzene rings is 1. The molecule has 0 spiro atoms. The van der Waals surface area contributed by atoms with E-state index in [1.807, 2.05) is 6.07 Å². The Bertz CT molecular complexity index is 695. The van der Waals surface area contributed by atoms with Gasteiger partial charge in [-0.3, -0.25) is 9.59 Å². The number of aromatic nitrogens is 1. The molecule has 0 unspecified atom stereocenters. The van der Waals surface area contributed by atoms with Gasteiger partial charge < -0.3 is 20.5 Å². The van der Waals surface area contributed by atoms with Crippen LogP contribution in [0.4, 0.5) is 0 Å². The van der Waals surface area contributed by atoms with Crippen molar-refractivity contribution in [2.45, 2.75) is 12.6 Å². The highest BCUT2D eigenvalue weighted by molar-refractivity contribution is 5.92. The number of aliphatic hydroxyl groups excluding tert-OH is 2. The smallest absolute Gasteiger partial charge is 0.254 e. The molecular weight excluding hydrogens is 272 g/mol. The summed E-state index contributed by atoms with van der Waals surface area (Å²) in [6.07, 6.45) is 0.231. The zero-order valence-corrected chi connectivity index (χ0v) is 11.3. The van der Waals surface area contributed by atoms with Gasteiger partial charge in [0.2, 0.25) is 0 Å². The van der Waals surface area contributed by atoms with E-state index in [1.54, 1.807) is 24.3 Å². The minimum Gasteiger partial charge on any atom is -0.395 e. The minimum atomic E-state index is -1.03. The standard InChI is InChI=1S/C15H16N2O4/c16-15(21)11-9-17(6-7-18)12(8-13(11)19)14(20)10-4-2-1-3-5-10/h1-5,8-9,14,18,20H,6-7H2,(H2,16,21)/t14-/m0/s1. The fourth-order valence-electron chi connectivity index (χ4n) is 2.12. The fraction of sp³-hybridized carbons (Fsp3) is 0.200. The Balaban J connectivity index is 2.54. The van der Waals surface area contributed by atoms with Crippen molar-refractivity contribution in [2.24, 2.45) is 5.73 Å². The van der Waals surface area contributed by atoms with Gasteiger partial charge >= 0.3 is 0 Å². The first-order valence-corrected chi connectivity index (χ1v) is 6.42. The van der Waals surface area contributed by atoms with E-state index in [1.165, 1.54) is 16.8 Å². The van der Waals surface area contributed by atoms with Crippen LogP contribution in [0.15, 0.2) is 47.4 Å². The van der Waals surface area contributed by atoms with Crippen molar-refractivity contribution in [3.8, 4) is 0 Å². The van der Waals surface area contributed by atoms with E-state index in [2.05, 4.69) is 0 Å². The van der Waals surface area contributed by atoms with E-state index in [4.69, 9.17) is 10.8 Å². The van der Waals surface area contributed by atoms with E-state index >= 15 is 0 Å². The summed E-state index contributed by atoms with van der Waals surface area (Å²) in [5.74, 6) is -0.840. The Morgan fingerprint density at radius 2 is 1.95 bits per heavy atom. The van der Waals surface area contributed by atoms with Crippen LogP contribution in [0.2, 0.25) is 0 Å². The number of nitrogens with two attached hydrogens (primary N) is 1. The average Bonchev–Trinajstić information content (AvgIpc) is 2.48. The summed E-state index contributed by atoms with van der Waals surface area (Å²) in [4.78, 5) is 23.1.